The van der Waals surface area contributed by atoms with Crippen molar-refractivity contribution >= 4 is 17.6 Å². The first-order valence-corrected chi connectivity index (χ1v) is 8.78. The first kappa shape index (κ1) is 20.8. The van der Waals surface area contributed by atoms with E-state index < -0.39 is 22.1 Å². The summed E-state index contributed by atoms with van der Waals surface area (Å²) in [4.78, 5) is 39.7. The van der Waals surface area contributed by atoms with Gasteiger partial charge in [-0.05, 0) is 19.4 Å². The molecule has 2 aromatic rings. The molecule has 0 aliphatic carbocycles. The third-order valence-corrected chi connectivity index (χ3v) is 4.21. The molecule has 0 saturated heterocycles. The summed E-state index contributed by atoms with van der Waals surface area (Å²) in [6.07, 6.45) is 3.96. The highest BCUT2D eigenvalue weighted by molar-refractivity contribution is 5.84. The third kappa shape index (κ3) is 4.25. The minimum atomic E-state index is -0.708. The average molecular weight is 386 g/mol. The van der Waals surface area contributed by atoms with E-state index in [9.17, 15) is 24.8 Å². The minimum Gasteiger partial charge on any atom is -0.494 e. The molecule has 1 heterocycles. The quantitative estimate of drug-likeness (QED) is 0.324. The summed E-state index contributed by atoms with van der Waals surface area (Å²) < 4.78 is 2.08. The number of aromatic hydroxyl groups is 1. The predicted octanol–water partition coefficient (Wildman–Crippen LogP) is 2.67. The highest BCUT2D eigenvalue weighted by atomic mass is 16.6. The summed E-state index contributed by atoms with van der Waals surface area (Å²) in [6.45, 7) is 7.32. The molecule has 9 nitrogen and oxygen atoms in total. The molecule has 148 valence electrons. The number of nitro groups is 1. The molecule has 0 fully saturated rings. The number of rotatable bonds is 8. The molecule has 0 atom stereocenters. The van der Waals surface area contributed by atoms with Gasteiger partial charge in [0, 0.05) is 30.9 Å². The van der Waals surface area contributed by atoms with E-state index in [1.165, 1.54) is 12.1 Å². The molecule has 1 N–H and O–H groups in total. The Morgan fingerprint density at radius 2 is 2.04 bits per heavy atom. The van der Waals surface area contributed by atoms with Crippen LogP contribution < -0.4 is 11.2 Å². The van der Waals surface area contributed by atoms with E-state index in [0.717, 1.165) is 21.8 Å². The minimum absolute atomic E-state index is 0.0130. The number of nitro benzene ring substituents is 1. The molecule has 0 spiro atoms. The van der Waals surface area contributed by atoms with Crippen LogP contribution in [0.15, 0.2) is 45.4 Å². The number of hydrogen-bond acceptors (Lipinski definition) is 6. The second kappa shape index (κ2) is 8.94. The van der Waals surface area contributed by atoms with E-state index in [4.69, 9.17) is 0 Å². The third-order valence-electron chi connectivity index (χ3n) is 4.21. The van der Waals surface area contributed by atoms with Crippen LogP contribution in [0.1, 0.15) is 30.9 Å². The molecule has 0 amide bonds. The van der Waals surface area contributed by atoms with Crippen LogP contribution in [-0.4, -0.2) is 25.4 Å². The van der Waals surface area contributed by atoms with Gasteiger partial charge in [0.15, 0.2) is 0 Å². The van der Waals surface area contributed by atoms with Crippen molar-refractivity contribution in [2.24, 2.45) is 4.99 Å². The van der Waals surface area contributed by atoms with Crippen LogP contribution >= 0.6 is 0 Å². The normalized spacial score (nSPS) is 11.1. The van der Waals surface area contributed by atoms with E-state index in [0.29, 0.717) is 12.0 Å². The fourth-order valence-electron chi connectivity index (χ4n) is 2.64. The Labute approximate surface area is 161 Å². The zero-order valence-corrected chi connectivity index (χ0v) is 15.8. The van der Waals surface area contributed by atoms with E-state index in [1.807, 2.05) is 6.92 Å². The van der Waals surface area contributed by atoms with Crippen LogP contribution in [0, 0.1) is 17.0 Å². The number of nitrogens with zero attached hydrogens (tertiary/aromatic N) is 4. The molecule has 0 aliphatic rings. The van der Waals surface area contributed by atoms with Gasteiger partial charge in [0.2, 0.25) is 5.88 Å². The van der Waals surface area contributed by atoms with Crippen molar-refractivity contribution in [3.8, 4) is 5.88 Å². The van der Waals surface area contributed by atoms with Gasteiger partial charge >= 0.3 is 5.69 Å². The number of aliphatic imine (C=N–C) groups is 1. The first-order chi connectivity index (χ1) is 13.3. The Morgan fingerprint density at radius 1 is 1.32 bits per heavy atom. The lowest BCUT2D eigenvalue weighted by molar-refractivity contribution is -0.385. The Kier molecular flexibility index (Phi) is 6.64. The van der Waals surface area contributed by atoms with E-state index >= 15 is 0 Å². The topological polar surface area (TPSA) is 120 Å². The van der Waals surface area contributed by atoms with Crippen LogP contribution in [0.2, 0.25) is 0 Å². The van der Waals surface area contributed by atoms with Crippen LogP contribution in [0.4, 0.5) is 11.4 Å². The fourth-order valence-corrected chi connectivity index (χ4v) is 2.64. The summed E-state index contributed by atoms with van der Waals surface area (Å²) in [6, 6.07) is 4.38. The van der Waals surface area contributed by atoms with Crippen LogP contribution in [0.3, 0.4) is 0 Å². The lowest BCUT2D eigenvalue weighted by Crippen LogP contribution is -2.41. The number of hydrogen-bond donors (Lipinski definition) is 1. The Bertz CT molecular complexity index is 1050. The summed E-state index contributed by atoms with van der Waals surface area (Å²) in [5.74, 6) is -0.478. The average Bonchev–Trinajstić information content (AvgIpc) is 2.66. The number of aryl methyl sites for hydroxylation is 1. The molecule has 28 heavy (non-hydrogen) atoms. The molecule has 1 aromatic carbocycles. The van der Waals surface area contributed by atoms with Crippen molar-refractivity contribution in [3.05, 3.63) is 72.9 Å². The van der Waals surface area contributed by atoms with Crippen molar-refractivity contribution in [2.45, 2.75) is 39.8 Å². The van der Waals surface area contributed by atoms with Gasteiger partial charge < -0.3 is 5.11 Å². The van der Waals surface area contributed by atoms with Crippen LogP contribution in [0.5, 0.6) is 5.88 Å². The van der Waals surface area contributed by atoms with Gasteiger partial charge in [-0.25, -0.2) is 4.79 Å². The zero-order valence-electron chi connectivity index (χ0n) is 15.8. The highest BCUT2D eigenvalue weighted by Crippen LogP contribution is 2.24. The van der Waals surface area contributed by atoms with Crippen molar-refractivity contribution < 1.29 is 10.0 Å². The second-order valence-corrected chi connectivity index (χ2v) is 6.22. The standard InChI is InChI=1S/C19H22N4O5/c1-4-6-10-22-18(25)15(17(24)21(9-5-2)19(22)26)12-20-14-8-7-13(3)16(11-14)23(27)28/h5,7-8,11-12,25H,2,4,6,9-10H2,1,3H3. The molecule has 9 heteroatoms. The van der Waals surface area contributed by atoms with Crippen molar-refractivity contribution in [2.75, 3.05) is 0 Å². The van der Waals surface area contributed by atoms with Crippen molar-refractivity contribution in [1.29, 1.82) is 0 Å². The predicted molar refractivity (Wildman–Crippen MR) is 107 cm³/mol. The smallest absolute Gasteiger partial charge is 0.334 e. The Hall–Kier alpha value is -3.49. The summed E-state index contributed by atoms with van der Waals surface area (Å²) in [7, 11) is 0. The molecular formula is C19H22N4O5. The van der Waals surface area contributed by atoms with Crippen molar-refractivity contribution in [3.63, 3.8) is 0 Å². The summed E-state index contributed by atoms with van der Waals surface area (Å²) in [5, 5.41) is 21.5. The number of unbranched alkanes of at least 4 members (excludes halogenated alkanes) is 1. The van der Waals surface area contributed by atoms with Gasteiger partial charge in [0.05, 0.1) is 10.6 Å². The lowest BCUT2D eigenvalue weighted by atomic mass is 10.2. The second-order valence-electron chi connectivity index (χ2n) is 6.22. The summed E-state index contributed by atoms with van der Waals surface area (Å²) in [5.41, 5.74) is -0.873. The van der Waals surface area contributed by atoms with Crippen LogP contribution in [0.25, 0.3) is 0 Å². The van der Waals surface area contributed by atoms with E-state index in [2.05, 4.69) is 11.6 Å². The molecular weight excluding hydrogens is 364 g/mol. The number of allylic oxidation sites excluding steroid dienone is 1. The first-order valence-electron chi connectivity index (χ1n) is 8.78. The lowest BCUT2D eigenvalue weighted by Gasteiger charge is -2.13. The number of aromatic nitrogens is 2. The highest BCUT2D eigenvalue weighted by Gasteiger charge is 2.17. The SMILES string of the molecule is C=CCn1c(=O)c(C=Nc2ccc(C)c([N+](=O)[O-])c2)c(O)n(CCCC)c1=O. The zero-order chi connectivity index (χ0) is 20.8. The maximum atomic E-state index is 12.6. The largest absolute Gasteiger partial charge is 0.494 e. The summed E-state index contributed by atoms with van der Waals surface area (Å²) >= 11 is 0. The Morgan fingerprint density at radius 3 is 2.64 bits per heavy atom. The van der Waals surface area contributed by atoms with Gasteiger partial charge in [-0.3, -0.25) is 29.0 Å². The molecule has 0 saturated carbocycles. The fraction of sp³-hybridized carbons (Fsp3) is 0.316. The van der Waals surface area contributed by atoms with E-state index in [1.54, 1.807) is 19.1 Å². The Balaban J connectivity index is 2.60. The van der Waals surface area contributed by atoms with Gasteiger partial charge in [-0.1, -0.05) is 25.5 Å². The molecule has 1 aromatic heterocycles. The number of benzene rings is 1. The van der Waals surface area contributed by atoms with Crippen molar-refractivity contribution in [1.82, 2.24) is 9.13 Å². The maximum absolute atomic E-state index is 12.6. The monoisotopic (exact) mass is 386 g/mol. The van der Waals surface area contributed by atoms with E-state index in [-0.39, 0.29) is 30.0 Å². The molecule has 0 unspecified atom stereocenters. The molecule has 0 radical (unpaired) electrons. The maximum Gasteiger partial charge on any atom is 0.334 e. The van der Waals surface area contributed by atoms with Gasteiger partial charge in [0.1, 0.15) is 5.56 Å². The van der Waals surface area contributed by atoms with Gasteiger partial charge in [-0.2, -0.15) is 0 Å². The van der Waals surface area contributed by atoms with Crippen LogP contribution in [-0.2, 0) is 13.1 Å². The molecule has 0 bridgehead atoms. The van der Waals surface area contributed by atoms with Gasteiger partial charge in [0.25, 0.3) is 11.2 Å². The molecule has 2 rings (SSSR count). The van der Waals surface area contributed by atoms with Gasteiger partial charge in [-0.15, -0.1) is 6.58 Å². The molecule has 0 aliphatic heterocycles.